The average Bonchev–Trinajstić information content (AvgIpc) is 2.95. The average molecular weight is 261 g/mol. The Bertz CT molecular complexity index is 412. The van der Waals surface area contributed by atoms with E-state index < -0.39 is 0 Å². The summed E-state index contributed by atoms with van der Waals surface area (Å²) in [5, 5.41) is 8.11. The van der Waals surface area contributed by atoms with E-state index in [9.17, 15) is 0 Å². The molecule has 3 heteroatoms. The lowest BCUT2D eigenvalue weighted by Gasteiger charge is -2.35. The number of nitrogens with two attached hydrogens (primary N) is 1. The topological polar surface area (TPSA) is 53.1 Å². The highest BCUT2D eigenvalue weighted by atomic mass is 15.3. The van der Waals surface area contributed by atoms with Crippen molar-refractivity contribution < 1.29 is 0 Å². The third-order valence-electron chi connectivity index (χ3n) is 5.64. The lowest BCUT2D eigenvalue weighted by molar-refractivity contribution is 0.136. The van der Waals surface area contributed by atoms with Crippen molar-refractivity contribution in [1.82, 2.24) is 4.90 Å². The molecule has 0 amide bonds. The van der Waals surface area contributed by atoms with Crippen molar-refractivity contribution >= 4 is 5.71 Å². The molecule has 0 aromatic heterocycles. The second kappa shape index (κ2) is 4.62. The van der Waals surface area contributed by atoms with Crippen molar-refractivity contribution in [1.29, 1.82) is 5.41 Å². The Morgan fingerprint density at radius 3 is 3.00 bits per heavy atom. The monoisotopic (exact) mass is 261 g/mol. The Morgan fingerprint density at radius 2 is 2.32 bits per heavy atom. The van der Waals surface area contributed by atoms with Gasteiger partial charge in [-0.3, -0.25) is 4.90 Å². The first-order valence-electron chi connectivity index (χ1n) is 7.84. The van der Waals surface area contributed by atoms with Gasteiger partial charge in [-0.25, -0.2) is 0 Å². The van der Waals surface area contributed by atoms with Gasteiger partial charge >= 0.3 is 0 Å². The van der Waals surface area contributed by atoms with Crippen molar-refractivity contribution in [3.63, 3.8) is 0 Å². The van der Waals surface area contributed by atoms with Gasteiger partial charge in [-0.2, -0.15) is 0 Å². The first kappa shape index (κ1) is 13.2. The highest BCUT2D eigenvalue weighted by molar-refractivity contribution is 6.01. The molecule has 3 unspecified atom stereocenters. The SMILES string of the molecule is CC(C)CCC12CCCN1C1CC(=N)/C(=C\N)C1C2. The Labute approximate surface area is 116 Å². The van der Waals surface area contributed by atoms with Gasteiger partial charge in [0.2, 0.25) is 0 Å². The van der Waals surface area contributed by atoms with Crippen molar-refractivity contribution in [2.24, 2.45) is 17.6 Å². The number of hydrogen-bond acceptors (Lipinski definition) is 3. The number of hydrogen-bond donors (Lipinski definition) is 2. The largest absolute Gasteiger partial charge is 0.404 e. The predicted molar refractivity (Wildman–Crippen MR) is 79.3 cm³/mol. The zero-order valence-electron chi connectivity index (χ0n) is 12.3. The number of nitrogens with zero attached hydrogens (tertiary/aromatic N) is 1. The van der Waals surface area contributed by atoms with E-state index in [0.29, 0.717) is 17.5 Å². The van der Waals surface area contributed by atoms with Gasteiger partial charge in [-0.1, -0.05) is 13.8 Å². The van der Waals surface area contributed by atoms with Crippen LogP contribution in [0.5, 0.6) is 0 Å². The summed E-state index contributed by atoms with van der Waals surface area (Å²) in [4.78, 5) is 2.76. The third-order valence-corrected chi connectivity index (χ3v) is 5.64. The zero-order valence-corrected chi connectivity index (χ0v) is 12.3. The van der Waals surface area contributed by atoms with Crippen LogP contribution >= 0.6 is 0 Å². The summed E-state index contributed by atoms with van der Waals surface area (Å²) in [5.41, 5.74) is 8.15. The van der Waals surface area contributed by atoms with Crippen molar-refractivity contribution in [2.75, 3.05) is 6.54 Å². The molecule has 0 aromatic rings. The summed E-state index contributed by atoms with van der Waals surface area (Å²) in [7, 11) is 0. The van der Waals surface area contributed by atoms with Crippen molar-refractivity contribution in [2.45, 2.75) is 64.0 Å². The molecule has 3 aliphatic rings. The Balaban J connectivity index is 1.82. The molecule has 2 saturated heterocycles. The molecule has 0 aromatic carbocycles. The lowest BCUT2D eigenvalue weighted by Crippen LogP contribution is -2.42. The minimum atomic E-state index is 0.439. The molecule has 0 spiro atoms. The van der Waals surface area contributed by atoms with Crippen LogP contribution in [0.3, 0.4) is 0 Å². The van der Waals surface area contributed by atoms with Crippen LogP contribution in [0.15, 0.2) is 11.8 Å². The zero-order chi connectivity index (χ0) is 13.6. The summed E-state index contributed by atoms with van der Waals surface area (Å²) in [6, 6.07) is 0.581. The predicted octanol–water partition coefficient (Wildman–Crippen LogP) is 2.91. The highest BCUT2D eigenvalue weighted by Gasteiger charge is 2.56. The van der Waals surface area contributed by atoms with Crippen LogP contribution in [-0.4, -0.2) is 28.7 Å². The molecule has 2 aliphatic heterocycles. The van der Waals surface area contributed by atoms with E-state index in [1.165, 1.54) is 38.6 Å². The van der Waals surface area contributed by atoms with Crippen LogP contribution in [0.4, 0.5) is 0 Å². The van der Waals surface area contributed by atoms with Gasteiger partial charge in [0.1, 0.15) is 0 Å². The molecule has 106 valence electrons. The van der Waals surface area contributed by atoms with Gasteiger partial charge < -0.3 is 11.1 Å². The molecule has 0 bridgehead atoms. The molecule has 3 N–H and O–H groups in total. The van der Waals surface area contributed by atoms with E-state index >= 15 is 0 Å². The molecule has 3 fully saturated rings. The summed E-state index contributed by atoms with van der Waals surface area (Å²) in [6.07, 6.45) is 9.25. The van der Waals surface area contributed by atoms with Gasteiger partial charge in [-0.05, 0) is 56.3 Å². The maximum atomic E-state index is 8.11. The maximum absolute atomic E-state index is 8.11. The van der Waals surface area contributed by atoms with E-state index in [0.717, 1.165) is 23.6 Å². The molecule has 1 aliphatic carbocycles. The van der Waals surface area contributed by atoms with Crippen LogP contribution in [0.2, 0.25) is 0 Å². The van der Waals surface area contributed by atoms with Crippen molar-refractivity contribution in [3.8, 4) is 0 Å². The highest BCUT2D eigenvalue weighted by Crippen LogP contribution is 2.54. The van der Waals surface area contributed by atoms with E-state index in [1.807, 2.05) is 0 Å². The fraction of sp³-hybridized carbons (Fsp3) is 0.812. The minimum Gasteiger partial charge on any atom is -0.404 e. The number of fused-ring (bicyclic) bond motifs is 3. The summed E-state index contributed by atoms with van der Waals surface area (Å²) in [6.45, 7) is 5.89. The van der Waals surface area contributed by atoms with E-state index in [4.69, 9.17) is 11.1 Å². The van der Waals surface area contributed by atoms with E-state index in [-0.39, 0.29) is 0 Å². The summed E-state index contributed by atoms with van der Waals surface area (Å²) < 4.78 is 0. The molecule has 3 atom stereocenters. The van der Waals surface area contributed by atoms with E-state index in [1.54, 1.807) is 6.20 Å². The molecule has 19 heavy (non-hydrogen) atoms. The van der Waals surface area contributed by atoms with Crippen LogP contribution < -0.4 is 5.73 Å². The Morgan fingerprint density at radius 1 is 1.53 bits per heavy atom. The molecule has 3 nitrogen and oxygen atoms in total. The van der Waals surface area contributed by atoms with Gasteiger partial charge in [0.25, 0.3) is 0 Å². The minimum absolute atomic E-state index is 0.439. The summed E-state index contributed by atoms with van der Waals surface area (Å²) in [5.74, 6) is 1.34. The number of nitrogens with one attached hydrogen (secondary N) is 1. The lowest BCUT2D eigenvalue weighted by atomic mass is 9.82. The number of rotatable bonds is 3. The summed E-state index contributed by atoms with van der Waals surface area (Å²) >= 11 is 0. The van der Waals surface area contributed by atoms with Crippen LogP contribution in [0.25, 0.3) is 0 Å². The molecule has 3 rings (SSSR count). The Kier molecular flexibility index (Phi) is 3.20. The molecule has 2 heterocycles. The second-order valence-electron chi connectivity index (χ2n) is 7.14. The van der Waals surface area contributed by atoms with Gasteiger partial charge in [-0.15, -0.1) is 0 Å². The van der Waals surface area contributed by atoms with Gasteiger partial charge in [0, 0.05) is 29.6 Å². The van der Waals surface area contributed by atoms with Gasteiger partial charge in [0.05, 0.1) is 0 Å². The second-order valence-corrected chi connectivity index (χ2v) is 7.14. The molecule has 1 saturated carbocycles. The van der Waals surface area contributed by atoms with Crippen LogP contribution in [0, 0.1) is 17.2 Å². The molecule has 0 radical (unpaired) electrons. The Hall–Kier alpha value is -0.830. The standard InChI is InChI=1S/C16H27N3/c1-11(2)4-6-16-5-3-7-19(16)15-8-14(18)13(10-17)12(15)9-16/h10-12,15,18H,3-9,17H2,1-2H3/b13-10-,18-14?. The van der Waals surface area contributed by atoms with Crippen molar-refractivity contribution in [3.05, 3.63) is 11.8 Å². The molecular weight excluding hydrogens is 234 g/mol. The smallest absolute Gasteiger partial charge is 0.0379 e. The first-order valence-corrected chi connectivity index (χ1v) is 7.84. The quantitative estimate of drug-likeness (QED) is 0.820. The fourth-order valence-electron chi connectivity index (χ4n) is 4.73. The molecular formula is C16H27N3. The normalized spacial score (nSPS) is 40.4. The first-order chi connectivity index (χ1) is 9.07. The fourth-order valence-corrected chi connectivity index (χ4v) is 4.73. The van der Waals surface area contributed by atoms with Crippen LogP contribution in [0.1, 0.15) is 52.4 Å². The van der Waals surface area contributed by atoms with E-state index in [2.05, 4.69) is 18.7 Å². The maximum Gasteiger partial charge on any atom is 0.0379 e. The third kappa shape index (κ3) is 1.94. The van der Waals surface area contributed by atoms with Gasteiger partial charge in [0.15, 0.2) is 0 Å². The van der Waals surface area contributed by atoms with Crippen LogP contribution in [-0.2, 0) is 0 Å².